The van der Waals surface area contributed by atoms with Gasteiger partial charge in [0.15, 0.2) is 0 Å². The van der Waals surface area contributed by atoms with E-state index in [4.69, 9.17) is 39.9 Å². The van der Waals surface area contributed by atoms with Crippen LogP contribution in [0.5, 0.6) is 0 Å². The summed E-state index contributed by atoms with van der Waals surface area (Å²) >= 11 is 18.8. The molecule has 33 heavy (non-hydrogen) atoms. The first-order valence-corrected chi connectivity index (χ1v) is 12.6. The molecule has 1 heterocycles. The lowest BCUT2D eigenvalue weighted by atomic mass is 9.69. The molecule has 0 aromatic heterocycles. The van der Waals surface area contributed by atoms with E-state index in [1.165, 1.54) is 6.42 Å². The van der Waals surface area contributed by atoms with Crippen LogP contribution in [0.3, 0.4) is 0 Å². The molecule has 5 rings (SSSR count). The number of benzene rings is 2. The van der Waals surface area contributed by atoms with Crippen LogP contribution in [0.2, 0.25) is 15.1 Å². The lowest BCUT2D eigenvalue weighted by Crippen LogP contribution is -2.48. The SMILES string of the molecule is CC1(C)C2CCC1(C)C(NC(=O)C1=NN(c3ccc(Cl)cc3Cl)C(c3ccc(Cl)cc3)C1)C2. The van der Waals surface area contributed by atoms with Crippen molar-refractivity contribution < 1.29 is 4.79 Å². The van der Waals surface area contributed by atoms with Crippen LogP contribution >= 0.6 is 34.8 Å². The van der Waals surface area contributed by atoms with Gasteiger partial charge in [-0.15, -0.1) is 0 Å². The molecule has 7 heteroatoms. The topological polar surface area (TPSA) is 44.7 Å². The van der Waals surface area contributed by atoms with Gasteiger partial charge in [-0.25, -0.2) is 0 Å². The van der Waals surface area contributed by atoms with Crippen molar-refractivity contribution in [2.45, 2.75) is 58.5 Å². The minimum Gasteiger partial charge on any atom is -0.348 e. The standard InChI is InChI=1S/C26H28Cl3N3O/c1-25(2)16-10-11-26(25,3)23(12-16)30-24(33)20-14-22(15-4-6-17(27)7-5-15)32(31-20)21-9-8-18(28)13-19(21)29/h4-9,13,16,22-23H,10-12,14H2,1-3H3,(H,30,33). The third-order valence-electron chi connectivity index (χ3n) is 8.68. The van der Waals surface area contributed by atoms with Crippen molar-refractivity contribution in [3.63, 3.8) is 0 Å². The van der Waals surface area contributed by atoms with Crippen LogP contribution in [0.15, 0.2) is 47.6 Å². The number of rotatable bonds is 4. The second kappa shape index (κ2) is 8.18. The van der Waals surface area contributed by atoms with Gasteiger partial charge in [0.25, 0.3) is 5.91 Å². The maximum Gasteiger partial charge on any atom is 0.267 e. The Bertz CT molecular complexity index is 1130. The first-order chi connectivity index (χ1) is 15.6. The second-order valence-electron chi connectivity index (χ2n) is 10.4. The van der Waals surface area contributed by atoms with E-state index in [1.807, 2.05) is 35.3 Å². The Hall–Kier alpha value is -1.75. The number of hydrazone groups is 1. The second-order valence-corrected chi connectivity index (χ2v) is 11.7. The van der Waals surface area contributed by atoms with E-state index >= 15 is 0 Å². The van der Waals surface area contributed by atoms with Gasteiger partial charge in [-0.05, 0) is 71.9 Å². The largest absolute Gasteiger partial charge is 0.348 e. The molecule has 2 aromatic rings. The zero-order chi connectivity index (χ0) is 23.5. The highest BCUT2D eigenvalue weighted by Gasteiger charge is 2.61. The number of hydrogen-bond donors (Lipinski definition) is 1. The maximum absolute atomic E-state index is 13.4. The van der Waals surface area contributed by atoms with Gasteiger partial charge in [-0.2, -0.15) is 5.10 Å². The molecule has 2 bridgehead atoms. The third-order valence-corrected chi connectivity index (χ3v) is 9.47. The smallest absolute Gasteiger partial charge is 0.267 e. The van der Waals surface area contributed by atoms with Crippen LogP contribution in [0.25, 0.3) is 0 Å². The summed E-state index contributed by atoms with van der Waals surface area (Å²) in [6.07, 6.45) is 3.93. The zero-order valence-corrected chi connectivity index (χ0v) is 21.3. The highest BCUT2D eigenvalue weighted by Crippen LogP contribution is 2.65. The van der Waals surface area contributed by atoms with Gasteiger partial charge in [0.05, 0.1) is 16.8 Å². The Balaban J connectivity index is 1.44. The summed E-state index contributed by atoms with van der Waals surface area (Å²) in [6, 6.07) is 13.0. The van der Waals surface area contributed by atoms with Crippen LogP contribution in [0.4, 0.5) is 5.69 Å². The number of amides is 1. The molecular formula is C26H28Cl3N3O. The van der Waals surface area contributed by atoms with Crippen LogP contribution < -0.4 is 10.3 Å². The lowest BCUT2D eigenvalue weighted by Gasteiger charge is -2.39. The average molecular weight is 505 g/mol. The normalized spacial score (nSPS) is 29.9. The molecule has 4 unspecified atom stereocenters. The number of nitrogens with one attached hydrogen (secondary N) is 1. The van der Waals surface area contributed by atoms with Crippen LogP contribution in [0.1, 0.15) is 58.1 Å². The molecule has 2 saturated carbocycles. The summed E-state index contributed by atoms with van der Waals surface area (Å²) in [4.78, 5) is 13.4. The summed E-state index contributed by atoms with van der Waals surface area (Å²) in [5, 5.41) is 11.7. The summed E-state index contributed by atoms with van der Waals surface area (Å²) in [5.74, 6) is 0.570. The molecule has 1 N–H and O–H groups in total. The van der Waals surface area contributed by atoms with Crippen molar-refractivity contribution >= 4 is 52.1 Å². The Kier molecular flexibility index (Phi) is 5.70. The summed E-state index contributed by atoms with van der Waals surface area (Å²) in [5.41, 5.74) is 2.60. The summed E-state index contributed by atoms with van der Waals surface area (Å²) in [7, 11) is 0. The fourth-order valence-electron chi connectivity index (χ4n) is 6.14. The molecule has 0 spiro atoms. The predicted octanol–water partition coefficient (Wildman–Crippen LogP) is 7.29. The Morgan fingerprint density at radius 1 is 1.06 bits per heavy atom. The van der Waals surface area contributed by atoms with Gasteiger partial charge < -0.3 is 5.32 Å². The van der Waals surface area contributed by atoms with Crippen LogP contribution in [-0.4, -0.2) is 17.7 Å². The number of anilines is 1. The molecule has 0 saturated heterocycles. The van der Waals surface area contributed by atoms with Gasteiger partial charge in [0.2, 0.25) is 0 Å². The first kappa shape index (κ1) is 23.0. The average Bonchev–Trinajstić information content (AvgIpc) is 3.34. The highest BCUT2D eigenvalue weighted by molar-refractivity contribution is 6.40. The zero-order valence-electron chi connectivity index (χ0n) is 19.0. The summed E-state index contributed by atoms with van der Waals surface area (Å²) < 4.78 is 0. The highest BCUT2D eigenvalue weighted by atomic mass is 35.5. The van der Waals surface area contributed by atoms with E-state index in [-0.39, 0.29) is 28.8 Å². The monoisotopic (exact) mass is 503 g/mol. The lowest BCUT2D eigenvalue weighted by molar-refractivity contribution is -0.116. The van der Waals surface area contributed by atoms with Gasteiger partial charge in [0, 0.05) is 22.5 Å². The molecule has 1 aliphatic heterocycles. The molecule has 2 fully saturated rings. The predicted molar refractivity (Wildman–Crippen MR) is 136 cm³/mol. The third kappa shape index (κ3) is 3.75. The van der Waals surface area contributed by atoms with Crippen LogP contribution in [0, 0.1) is 16.7 Å². The van der Waals surface area contributed by atoms with E-state index in [0.29, 0.717) is 33.1 Å². The van der Waals surface area contributed by atoms with E-state index in [1.54, 1.807) is 12.1 Å². The van der Waals surface area contributed by atoms with Gasteiger partial charge >= 0.3 is 0 Å². The first-order valence-electron chi connectivity index (χ1n) is 11.5. The number of nitrogens with zero attached hydrogens (tertiary/aromatic N) is 2. The van der Waals surface area contributed by atoms with E-state index in [2.05, 4.69) is 26.1 Å². The van der Waals surface area contributed by atoms with Crippen molar-refractivity contribution in [1.82, 2.24) is 5.32 Å². The fraction of sp³-hybridized carbons (Fsp3) is 0.462. The Morgan fingerprint density at radius 2 is 1.76 bits per heavy atom. The maximum atomic E-state index is 13.4. The minimum atomic E-state index is -0.159. The number of carbonyl (C=O) groups is 1. The van der Waals surface area contributed by atoms with E-state index < -0.39 is 0 Å². The Labute approximate surface area is 210 Å². The van der Waals surface area contributed by atoms with Crippen molar-refractivity contribution in [2.75, 3.05) is 5.01 Å². The number of hydrogen-bond acceptors (Lipinski definition) is 3. The van der Waals surface area contributed by atoms with Crippen molar-refractivity contribution in [2.24, 2.45) is 21.8 Å². The number of carbonyl (C=O) groups excluding carboxylic acids is 1. The number of fused-ring (bicyclic) bond motifs is 2. The molecule has 174 valence electrons. The van der Waals surface area contributed by atoms with Crippen molar-refractivity contribution in [3.05, 3.63) is 63.1 Å². The van der Waals surface area contributed by atoms with Crippen LogP contribution in [-0.2, 0) is 4.79 Å². The molecule has 1 amide bonds. The van der Waals surface area contributed by atoms with Gasteiger partial charge in [-0.3, -0.25) is 9.80 Å². The minimum absolute atomic E-state index is 0.0869. The van der Waals surface area contributed by atoms with E-state index in [9.17, 15) is 4.79 Å². The molecule has 0 radical (unpaired) electrons. The number of halogens is 3. The summed E-state index contributed by atoms with van der Waals surface area (Å²) in [6.45, 7) is 7.03. The quantitative estimate of drug-likeness (QED) is 0.475. The van der Waals surface area contributed by atoms with E-state index in [0.717, 1.165) is 24.1 Å². The molecule has 3 aliphatic rings. The van der Waals surface area contributed by atoms with Crippen molar-refractivity contribution in [3.8, 4) is 0 Å². The fourth-order valence-corrected chi connectivity index (χ4v) is 6.77. The molecule has 2 aromatic carbocycles. The molecule has 4 nitrogen and oxygen atoms in total. The van der Waals surface area contributed by atoms with Gasteiger partial charge in [0.1, 0.15) is 5.71 Å². The molecule has 4 atom stereocenters. The molecular weight excluding hydrogens is 477 g/mol. The van der Waals surface area contributed by atoms with Gasteiger partial charge in [-0.1, -0.05) is 67.7 Å². The Morgan fingerprint density at radius 3 is 2.36 bits per heavy atom. The molecule has 2 aliphatic carbocycles. The van der Waals surface area contributed by atoms with Crippen molar-refractivity contribution in [1.29, 1.82) is 0 Å².